The molecule has 2 amide bonds. The number of piperidine rings is 1. The van der Waals surface area contributed by atoms with Gasteiger partial charge in [-0.15, -0.1) is 0 Å². The van der Waals surface area contributed by atoms with Crippen LogP contribution in [0.4, 0.5) is 4.79 Å². The van der Waals surface area contributed by atoms with Crippen molar-refractivity contribution in [2.24, 2.45) is 5.92 Å². The molecule has 1 saturated heterocycles. The number of hydrogen-bond donors (Lipinski definition) is 1. The Bertz CT molecular complexity index is 938. The van der Waals surface area contributed by atoms with Crippen LogP contribution in [-0.4, -0.2) is 38.6 Å². The lowest BCUT2D eigenvalue weighted by atomic mass is 9.98. The Labute approximate surface area is 171 Å². The van der Waals surface area contributed by atoms with Crippen LogP contribution in [0.2, 0.25) is 0 Å². The number of aryl methyl sites for hydroxylation is 1. The molecule has 1 atom stereocenters. The second-order valence-corrected chi connectivity index (χ2v) is 7.67. The van der Waals surface area contributed by atoms with Crippen LogP contribution in [-0.2, 0) is 13.1 Å². The van der Waals surface area contributed by atoms with Crippen molar-refractivity contribution < 1.29 is 4.79 Å². The molecule has 3 heterocycles. The van der Waals surface area contributed by atoms with Gasteiger partial charge in [-0.25, -0.2) is 9.78 Å². The quantitative estimate of drug-likeness (QED) is 0.720. The maximum atomic E-state index is 12.7. The number of aromatic nitrogens is 3. The molecule has 0 bridgehead atoms. The second-order valence-electron chi connectivity index (χ2n) is 7.67. The molecule has 6 heteroatoms. The van der Waals surface area contributed by atoms with Gasteiger partial charge in [-0.1, -0.05) is 30.3 Å². The summed E-state index contributed by atoms with van der Waals surface area (Å²) < 4.78 is 2.27. The largest absolute Gasteiger partial charge is 0.334 e. The molecular weight excluding hydrogens is 362 g/mol. The normalized spacial score (nSPS) is 16.6. The van der Waals surface area contributed by atoms with Crippen LogP contribution in [0.3, 0.4) is 0 Å². The van der Waals surface area contributed by atoms with E-state index < -0.39 is 0 Å². The van der Waals surface area contributed by atoms with E-state index in [0.717, 1.165) is 55.1 Å². The minimum atomic E-state index is 0.0234. The molecule has 2 aromatic heterocycles. The summed E-state index contributed by atoms with van der Waals surface area (Å²) in [6.07, 6.45) is 7.66. The van der Waals surface area contributed by atoms with E-state index in [-0.39, 0.29) is 6.03 Å². The zero-order valence-electron chi connectivity index (χ0n) is 16.8. The summed E-state index contributed by atoms with van der Waals surface area (Å²) in [7, 11) is 0. The molecule has 0 aliphatic carbocycles. The van der Waals surface area contributed by atoms with E-state index in [1.165, 1.54) is 0 Å². The summed E-state index contributed by atoms with van der Waals surface area (Å²) in [6.45, 7) is 5.11. The molecule has 1 unspecified atom stereocenters. The van der Waals surface area contributed by atoms with Crippen molar-refractivity contribution in [2.45, 2.75) is 32.9 Å². The van der Waals surface area contributed by atoms with Gasteiger partial charge in [0.1, 0.15) is 5.82 Å². The molecule has 3 aromatic rings. The van der Waals surface area contributed by atoms with Gasteiger partial charge in [0.2, 0.25) is 0 Å². The minimum absolute atomic E-state index is 0.0234. The van der Waals surface area contributed by atoms with Crippen molar-refractivity contribution in [3.63, 3.8) is 0 Å². The molecule has 1 fully saturated rings. The van der Waals surface area contributed by atoms with Gasteiger partial charge in [-0.3, -0.25) is 4.98 Å². The van der Waals surface area contributed by atoms with E-state index in [1.54, 1.807) is 12.4 Å². The van der Waals surface area contributed by atoms with Gasteiger partial charge in [-0.05, 0) is 43.4 Å². The smallest absolute Gasteiger partial charge is 0.317 e. The highest BCUT2D eigenvalue weighted by atomic mass is 16.2. The van der Waals surface area contributed by atoms with Gasteiger partial charge in [0.25, 0.3) is 0 Å². The molecular formula is C23H27N5O. The molecule has 6 nitrogen and oxygen atoms in total. The Morgan fingerprint density at radius 1 is 1.17 bits per heavy atom. The Hall–Kier alpha value is -3.15. The number of benzene rings is 1. The number of pyridine rings is 1. The number of nitrogens with one attached hydrogen (secondary N) is 1. The number of rotatable bonds is 5. The van der Waals surface area contributed by atoms with Crippen LogP contribution >= 0.6 is 0 Å². The molecule has 0 saturated carbocycles. The SMILES string of the molecule is Cc1cnc(-c2ccncc2)n1CC1CCCN(C(=O)NCc2ccccc2)C1. The molecule has 0 spiro atoms. The lowest BCUT2D eigenvalue weighted by Crippen LogP contribution is -2.46. The zero-order chi connectivity index (χ0) is 20.1. The number of nitrogens with zero attached hydrogens (tertiary/aromatic N) is 4. The summed E-state index contributed by atoms with van der Waals surface area (Å²) in [6, 6.07) is 14.0. The molecule has 1 aliphatic rings. The summed E-state index contributed by atoms with van der Waals surface area (Å²) >= 11 is 0. The number of imidazole rings is 1. The first-order chi connectivity index (χ1) is 14.2. The number of urea groups is 1. The predicted octanol–water partition coefficient (Wildman–Crippen LogP) is 3.88. The van der Waals surface area contributed by atoms with Gasteiger partial charge in [0.15, 0.2) is 0 Å². The third-order valence-corrected chi connectivity index (χ3v) is 5.53. The third-order valence-electron chi connectivity index (χ3n) is 5.53. The monoisotopic (exact) mass is 389 g/mol. The van der Waals surface area contributed by atoms with Crippen molar-refractivity contribution in [3.8, 4) is 11.4 Å². The second kappa shape index (κ2) is 8.90. The number of hydrogen-bond acceptors (Lipinski definition) is 3. The molecule has 29 heavy (non-hydrogen) atoms. The highest BCUT2D eigenvalue weighted by molar-refractivity contribution is 5.74. The molecule has 0 radical (unpaired) electrons. The van der Waals surface area contributed by atoms with E-state index >= 15 is 0 Å². The number of likely N-dealkylation sites (tertiary alicyclic amines) is 1. The summed E-state index contributed by atoms with van der Waals surface area (Å²) in [5.41, 5.74) is 3.33. The van der Waals surface area contributed by atoms with E-state index in [9.17, 15) is 4.79 Å². The van der Waals surface area contributed by atoms with Crippen LogP contribution in [0.25, 0.3) is 11.4 Å². The molecule has 4 rings (SSSR count). The highest BCUT2D eigenvalue weighted by Crippen LogP contribution is 2.24. The van der Waals surface area contributed by atoms with Gasteiger partial charge >= 0.3 is 6.03 Å². The van der Waals surface area contributed by atoms with Crippen molar-refractivity contribution in [2.75, 3.05) is 13.1 Å². The Morgan fingerprint density at radius 3 is 2.76 bits per heavy atom. The summed E-state index contributed by atoms with van der Waals surface area (Å²) in [5, 5.41) is 3.06. The highest BCUT2D eigenvalue weighted by Gasteiger charge is 2.25. The van der Waals surface area contributed by atoms with Crippen LogP contribution in [0.1, 0.15) is 24.1 Å². The molecule has 1 aliphatic heterocycles. The average molecular weight is 390 g/mol. The van der Waals surface area contributed by atoms with Crippen LogP contribution in [0.15, 0.2) is 61.1 Å². The Kier molecular flexibility index (Phi) is 5.89. The van der Waals surface area contributed by atoms with E-state index in [1.807, 2.05) is 53.6 Å². The fourth-order valence-corrected chi connectivity index (χ4v) is 3.96. The maximum Gasteiger partial charge on any atom is 0.317 e. The molecule has 1 aromatic carbocycles. The first kappa shape index (κ1) is 19.2. The average Bonchev–Trinajstić information content (AvgIpc) is 3.13. The predicted molar refractivity (Wildman–Crippen MR) is 113 cm³/mol. The Balaban J connectivity index is 1.39. The van der Waals surface area contributed by atoms with Crippen LogP contribution in [0, 0.1) is 12.8 Å². The summed E-state index contributed by atoms with van der Waals surface area (Å²) in [4.78, 5) is 23.3. The van der Waals surface area contributed by atoms with E-state index in [0.29, 0.717) is 12.5 Å². The third kappa shape index (κ3) is 4.65. The van der Waals surface area contributed by atoms with E-state index in [2.05, 4.69) is 26.8 Å². The number of carbonyl (C=O) groups is 1. The van der Waals surface area contributed by atoms with Crippen molar-refractivity contribution in [3.05, 3.63) is 72.3 Å². The number of amides is 2. The van der Waals surface area contributed by atoms with Crippen LogP contribution in [0.5, 0.6) is 0 Å². The topological polar surface area (TPSA) is 63.1 Å². The fourth-order valence-electron chi connectivity index (χ4n) is 3.96. The zero-order valence-corrected chi connectivity index (χ0v) is 16.8. The lowest BCUT2D eigenvalue weighted by Gasteiger charge is -2.33. The van der Waals surface area contributed by atoms with E-state index in [4.69, 9.17) is 0 Å². The first-order valence-electron chi connectivity index (χ1n) is 10.2. The fraction of sp³-hybridized carbons (Fsp3) is 0.348. The first-order valence-corrected chi connectivity index (χ1v) is 10.2. The Morgan fingerprint density at radius 2 is 1.97 bits per heavy atom. The maximum absolute atomic E-state index is 12.7. The van der Waals surface area contributed by atoms with Gasteiger partial charge in [-0.2, -0.15) is 0 Å². The van der Waals surface area contributed by atoms with Gasteiger partial charge in [0.05, 0.1) is 0 Å². The van der Waals surface area contributed by atoms with Gasteiger partial charge < -0.3 is 14.8 Å². The van der Waals surface area contributed by atoms with Crippen molar-refractivity contribution in [1.82, 2.24) is 24.8 Å². The van der Waals surface area contributed by atoms with Crippen LogP contribution < -0.4 is 5.32 Å². The van der Waals surface area contributed by atoms with Crippen molar-refractivity contribution in [1.29, 1.82) is 0 Å². The van der Waals surface area contributed by atoms with Gasteiger partial charge in [0, 0.05) is 56.0 Å². The standard InChI is InChI=1S/C23H27N5O/c1-18-14-25-22(21-9-11-24-12-10-21)28(18)17-20-8-5-13-27(16-20)23(29)26-15-19-6-3-2-4-7-19/h2-4,6-7,9-12,14,20H,5,8,13,15-17H2,1H3,(H,26,29). The summed E-state index contributed by atoms with van der Waals surface area (Å²) in [5.74, 6) is 1.38. The molecule has 150 valence electrons. The number of carbonyl (C=O) groups excluding carboxylic acids is 1. The minimum Gasteiger partial charge on any atom is -0.334 e. The molecule has 1 N–H and O–H groups in total. The van der Waals surface area contributed by atoms with Crippen molar-refractivity contribution >= 4 is 6.03 Å². The lowest BCUT2D eigenvalue weighted by molar-refractivity contribution is 0.159.